The quantitative estimate of drug-likeness (QED) is 0.847. The van der Waals surface area contributed by atoms with Crippen LogP contribution in [0.1, 0.15) is 15.9 Å². The van der Waals surface area contributed by atoms with E-state index in [9.17, 15) is 13.2 Å². The first-order valence-electron chi connectivity index (χ1n) is 6.39. The van der Waals surface area contributed by atoms with Gasteiger partial charge in [0.2, 0.25) is 10.0 Å². The molecule has 0 saturated heterocycles. The Balaban J connectivity index is 2.27. The van der Waals surface area contributed by atoms with Crippen LogP contribution < -0.4 is 9.46 Å². The number of hydrogen-bond donors (Lipinski definition) is 2. The molecule has 0 aliphatic heterocycles. The number of sulfonamides is 1. The van der Waals surface area contributed by atoms with Gasteiger partial charge in [-0.25, -0.2) is 17.9 Å². The fourth-order valence-electron chi connectivity index (χ4n) is 1.87. The van der Waals surface area contributed by atoms with Crippen molar-refractivity contribution in [3.05, 3.63) is 59.7 Å². The predicted octanol–water partition coefficient (Wildman–Crippen LogP) is 1.87. The van der Waals surface area contributed by atoms with Gasteiger partial charge in [-0.3, -0.25) is 0 Å². The third kappa shape index (κ3) is 3.63. The SMILES string of the molecule is COc1cc(C(=O)O)ccc1S(=O)(=O)NCc1ccccc1. The summed E-state index contributed by atoms with van der Waals surface area (Å²) in [5.41, 5.74) is 0.769. The topological polar surface area (TPSA) is 92.7 Å². The number of rotatable bonds is 6. The molecule has 6 nitrogen and oxygen atoms in total. The van der Waals surface area contributed by atoms with Gasteiger partial charge in [-0.05, 0) is 23.8 Å². The van der Waals surface area contributed by atoms with E-state index in [1.807, 2.05) is 18.2 Å². The van der Waals surface area contributed by atoms with Gasteiger partial charge in [-0.1, -0.05) is 30.3 Å². The van der Waals surface area contributed by atoms with Gasteiger partial charge < -0.3 is 9.84 Å². The van der Waals surface area contributed by atoms with Gasteiger partial charge in [0.05, 0.1) is 12.7 Å². The third-order valence-electron chi connectivity index (χ3n) is 3.01. The molecule has 0 atom stereocenters. The van der Waals surface area contributed by atoms with Crippen molar-refractivity contribution < 1.29 is 23.1 Å². The molecular weight excluding hydrogens is 306 g/mol. The van der Waals surface area contributed by atoms with Crippen molar-refractivity contribution in [3.63, 3.8) is 0 Å². The highest BCUT2D eigenvalue weighted by molar-refractivity contribution is 7.89. The normalized spacial score (nSPS) is 11.1. The van der Waals surface area contributed by atoms with Crippen LogP contribution in [0, 0.1) is 0 Å². The Kier molecular flexibility index (Phi) is 4.79. The Morgan fingerprint density at radius 1 is 1.18 bits per heavy atom. The molecule has 2 aromatic rings. The van der Waals surface area contributed by atoms with Gasteiger partial charge in [0.25, 0.3) is 0 Å². The van der Waals surface area contributed by atoms with Crippen LogP contribution >= 0.6 is 0 Å². The first-order chi connectivity index (χ1) is 10.4. The number of carboxylic acids is 1. The van der Waals surface area contributed by atoms with Crippen LogP contribution in [0.25, 0.3) is 0 Å². The summed E-state index contributed by atoms with van der Waals surface area (Å²) >= 11 is 0. The summed E-state index contributed by atoms with van der Waals surface area (Å²) < 4.78 is 32.1. The van der Waals surface area contributed by atoms with Gasteiger partial charge in [-0.15, -0.1) is 0 Å². The smallest absolute Gasteiger partial charge is 0.335 e. The predicted molar refractivity (Wildman–Crippen MR) is 80.4 cm³/mol. The standard InChI is InChI=1S/C15H15NO5S/c1-21-13-9-12(15(17)18)7-8-14(13)22(19,20)16-10-11-5-3-2-4-6-11/h2-9,16H,10H2,1H3,(H,17,18). The molecule has 0 unspecified atom stereocenters. The Bertz CT molecular complexity index is 772. The van der Waals surface area contributed by atoms with Crippen LogP contribution in [0.15, 0.2) is 53.4 Å². The monoisotopic (exact) mass is 321 g/mol. The molecule has 2 aromatic carbocycles. The summed E-state index contributed by atoms with van der Waals surface area (Å²) in [7, 11) is -2.52. The van der Waals surface area contributed by atoms with Crippen LogP contribution in [-0.2, 0) is 16.6 Å². The summed E-state index contributed by atoms with van der Waals surface area (Å²) in [5, 5.41) is 8.93. The molecule has 116 valence electrons. The zero-order valence-electron chi connectivity index (χ0n) is 11.8. The molecule has 0 aromatic heterocycles. The van der Waals surface area contributed by atoms with Crippen molar-refractivity contribution in [2.75, 3.05) is 7.11 Å². The minimum Gasteiger partial charge on any atom is -0.495 e. The summed E-state index contributed by atoms with van der Waals surface area (Å²) in [5.74, 6) is -1.17. The minimum absolute atomic E-state index is 0.0135. The van der Waals surface area contributed by atoms with E-state index in [0.29, 0.717) is 0 Å². The van der Waals surface area contributed by atoms with Crippen LogP contribution in [0.3, 0.4) is 0 Å². The maximum Gasteiger partial charge on any atom is 0.335 e. The van der Waals surface area contributed by atoms with Crippen molar-refractivity contribution in [2.24, 2.45) is 0 Å². The number of methoxy groups -OCH3 is 1. The third-order valence-corrected chi connectivity index (χ3v) is 4.45. The van der Waals surface area contributed by atoms with Gasteiger partial charge in [-0.2, -0.15) is 0 Å². The Labute approximate surface area is 128 Å². The lowest BCUT2D eigenvalue weighted by Crippen LogP contribution is -2.23. The molecule has 0 heterocycles. The summed E-state index contributed by atoms with van der Waals surface area (Å²) in [4.78, 5) is 10.8. The van der Waals surface area contributed by atoms with Crippen molar-refractivity contribution >= 4 is 16.0 Å². The number of carboxylic acid groups (broad SMARTS) is 1. The van der Waals surface area contributed by atoms with Gasteiger partial charge in [0.15, 0.2) is 0 Å². The second-order valence-corrected chi connectivity index (χ2v) is 6.22. The number of ether oxygens (including phenoxy) is 1. The van der Waals surface area contributed by atoms with E-state index < -0.39 is 16.0 Å². The molecule has 0 radical (unpaired) electrons. The zero-order chi connectivity index (χ0) is 16.2. The number of carbonyl (C=O) groups is 1. The first-order valence-corrected chi connectivity index (χ1v) is 7.87. The van der Waals surface area contributed by atoms with Crippen molar-refractivity contribution in [1.82, 2.24) is 4.72 Å². The number of aromatic carboxylic acids is 1. The maximum absolute atomic E-state index is 12.3. The van der Waals surface area contributed by atoms with Crippen molar-refractivity contribution in [2.45, 2.75) is 11.4 Å². The molecule has 22 heavy (non-hydrogen) atoms. The molecule has 0 aliphatic rings. The summed E-state index contributed by atoms with van der Waals surface area (Å²) in [6.07, 6.45) is 0. The van der Waals surface area contributed by atoms with Gasteiger partial charge in [0, 0.05) is 6.54 Å². The molecule has 0 bridgehead atoms. The number of hydrogen-bond acceptors (Lipinski definition) is 4. The second-order valence-electron chi connectivity index (χ2n) is 4.48. The van der Waals surface area contributed by atoms with Crippen molar-refractivity contribution in [3.8, 4) is 5.75 Å². The van der Waals surface area contributed by atoms with Crippen LogP contribution in [0.4, 0.5) is 0 Å². The summed E-state index contributed by atoms with van der Waals surface area (Å²) in [6.45, 7) is 0.132. The average Bonchev–Trinajstić information content (AvgIpc) is 2.53. The largest absolute Gasteiger partial charge is 0.495 e. The van der Waals surface area contributed by atoms with E-state index in [-0.39, 0.29) is 22.8 Å². The van der Waals surface area contributed by atoms with Gasteiger partial charge in [0.1, 0.15) is 10.6 Å². The Morgan fingerprint density at radius 3 is 2.45 bits per heavy atom. The van der Waals surface area contributed by atoms with E-state index in [1.165, 1.54) is 25.3 Å². The fourth-order valence-corrected chi connectivity index (χ4v) is 3.04. The van der Waals surface area contributed by atoms with E-state index in [1.54, 1.807) is 12.1 Å². The molecule has 7 heteroatoms. The van der Waals surface area contributed by atoms with Crippen molar-refractivity contribution in [1.29, 1.82) is 0 Å². The zero-order valence-corrected chi connectivity index (χ0v) is 12.6. The lowest BCUT2D eigenvalue weighted by atomic mass is 10.2. The Hall–Kier alpha value is -2.38. The lowest BCUT2D eigenvalue weighted by Gasteiger charge is -2.11. The molecule has 0 amide bonds. The first kappa shape index (κ1) is 16.0. The molecular formula is C15H15NO5S. The van der Waals surface area contributed by atoms with E-state index in [0.717, 1.165) is 5.56 Å². The summed E-state index contributed by atoms with van der Waals surface area (Å²) in [6, 6.07) is 12.7. The average molecular weight is 321 g/mol. The van der Waals surface area contributed by atoms with Gasteiger partial charge >= 0.3 is 5.97 Å². The highest BCUT2D eigenvalue weighted by Crippen LogP contribution is 2.25. The minimum atomic E-state index is -3.81. The highest BCUT2D eigenvalue weighted by atomic mass is 32.2. The van der Waals surface area contributed by atoms with Crippen LogP contribution in [0.2, 0.25) is 0 Å². The maximum atomic E-state index is 12.3. The van der Waals surface area contributed by atoms with Crippen LogP contribution in [0.5, 0.6) is 5.75 Å². The molecule has 0 aliphatic carbocycles. The highest BCUT2D eigenvalue weighted by Gasteiger charge is 2.20. The molecule has 0 spiro atoms. The lowest BCUT2D eigenvalue weighted by molar-refractivity contribution is 0.0696. The number of benzene rings is 2. The van der Waals surface area contributed by atoms with E-state index >= 15 is 0 Å². The second kappa shape index (κ2) is 6.59. The molecule has 0 fully saturated rings. The Morgan fingerprint density at radius 2 is 1.86 bits per heavy atom. The molecule has 2 rings (SSSR count). The van der Waals surface area contributed by atoms with E-state index in [2.05, 4.69) is 4.72 Å². The molecule has 2 N–H and O–H groups in total. The molecule has 0 saturated carbocycles. The van der Waals surface area contributed by atoms with E-state index in [4.69, 9.17) is 9.84 Å². The fraction of sp³-hybridized carbons (Fsp3) is 0.133. The van der Waals surface area contributed by atoms with Crippen LogP contribution in [-0.4, -0.2) is 26.6 Å². The number of nitrogens with one attached hydrogen (secondary N) is 1.